The molecule has 0 heterocycles. The summed E-state index contributed by atoms with van der Waals surface area (Å²) in [6.45, 7) is 2.06. The number of rotatable bonds is 3. The Morgan fingerprint density at radius 3 is 1.10 bits per heavy atom. The van der Waals surface area contributed by atoms with Crippen LogP contribution < -0.4 is 10.2 Å². The van der Waals surface area contributed by atoms with Gasteiger partial charge in [0.25, 0.3) is 0 Å². The molecule has 0 N–H and O–H groups in total. The summed E-state index contributed by atoms with van der Waals surface area (Å²) in [5, 5.41) is 22.2. The molecule has 0 atom stereocenters. The summed E-state index contributed by atoms with van der Waals surface area (Å²) in [5.41, 5.74) is 3.04. The van der Waals surface area contributed by atoms with Gasteiger partial charge in [0.1, 0.15) is 0 Å². The molecule has 2 nitrogen and oxygen atoms in total. The Kier molecular flexibility index (Phi) is 13.3. The minimum absolute atomic E-state index is 0. The normalized spacial score (nSPS) is 14.5. The Labute approximate surface area is 187 Å². The van der Waals surface area contributed by atoms with Crippen LogP contribution in [0.2, 0.25) is 0 Å². The summed E-state index contributed by atoms with van der Waals surface area (Å²) in [7, 11) is 0. The molecule has 10 radical (unpaired) electrons. The molecule has 2 aliphatic carbocycles. The van der Waals surface area contributed by atoms with Crippen molar-refractivity contribution >= 4 is 5.57 Å². The van der Waals surface area contributed by atoms with Crippen molar-refractivity contribution in [3.8, 4) is 11.5 Å². The fourth-order valence-corrected chi connectivity index (χ4v) is 2.52. The molecular weight excluding hydrogens is 400 g/mol. The first-order valence-corrected chi connectivity index (χ1v) is 9.29. The van der Waals surface area contributed by atoms with Gasteiger partial charge in [-0.05, 0) is 87.3 Å². The van der Waals surface area contributed by atoms with E-state index in [1.165, 1.54) is 0 Å². The summed E-state index contributed by atoms with van der Waals surface area (Å²) in [4.78, 5) is 0. The molecule has 2 aromatic carbocycles. The minimum atomic E-state index is 0. The van der Waals surface area contributed by atoms with E-state index < -0.39 is 0 Å². The number of allylic oxidation sites excluding steroid dienone is 1. The third-order valence-corrected chi connectivity index (χ3v) is 3.85. The SMILES string of the molecule is CCC=C(c1ccc([O-])cc1)c1ccc([O-])cc1.[CH]1[CH][CH][CH][CH]1.[CH]1[CH][CH][CH][CH]1.[Fe+2]. The van der Waals surface area contributed by atoms with Crippen LogP contribution in [-0.4, -0.2) is 0 Å². The Balaban J connectivity index is 0.000000311. The summed E-state index contributed by atoms with van der Waals surface area (Å²) < 4.78 is 0. The van der Waals surface area contributed by atoms with Crippen LogP contribution in [0, 0.1) is 64.2 Å². The van der Waals surface area contributed by atoms with Gasteiger partial charge in [-0.3, -0.25) is 0 Å². The molecule has 0 amide bonds. The second kappa shape index (κ2) is 15.2. The van der Waals surface area contributed by atoms with Gasteiger partial charge in [0, 0.05) is 0 Å². The van der Waals surface area contributed by atoms with E-state index in [9.17, 15) is 10.2 Å². The van der Waals surface area contributed by atoms with Gasteiger partial charge in [-0.15, -0.1) is 11.5 Å². The second-order valence-corrected chi connectivity index (χ2v) is 6.00. The standard InChI is InChI=1S/C16H16O2.2C5H5.Fe/c1-2-3-16(12-4-8-14(17)9-5-12)13-6-10-15(18)11-7-13;2*1-2-4-5-3-1;/h3-11,17-18H,2H2,1H3;2*1-5H;/q;;;+2/p-2. The predicted octanol–water partition coefficient (Wildman–Crippen LogP) is 4.72. The van der Waals surface area contributed by atoms with Crippen LogP contribution in [0.3, 0.4) is 0 Å². The van der Waals surface area contributed by atoms with E-state index in [2.05, 4.69) is 13.0 Å². The van der Waals surface area contributed by atoms with Gasteiger partial charge in [-0.25, -0.2) is 0 Å². The third kappa shape index (κ3) is 10.1. The topological polar surface area (TPSA) is 46.1 Å². The molecule has 2 saturated carbocycles. The van der Waals surface area contributed by atoms with Crippen molar-refractivity contribution in [3.63, 3.8) is 0 Å². The van der Waals surface area contributed by atoms with Crippen LogP contribution in [-0.2, 0) is 17.1 Å². The van der Waals surface area contributed by atoms with Gasteiger partial charge in [-0.1, -0.05) is 61.5 Å². The largest absolute Gasteiger partial charge is 2.00 e. The van der Waals surface area contributed by atoms with Gasteiger partial charge in [0.05, 0.1) is 0 Å². The van der Waals surface area contributed by atoms with Crippen molar-refractivity contribution in [2.75, 3.05) is 0 Å². The van der Waals surface area contributed by atoms with E-state index in [-0.39, 0.29) is 28.6 Å². The van der Waals surface area contributed by atoms with Gasteiger partial charge in [0.2, 0.25) is 0 Å². The average Bonchev–Trinajstić information content (AvgIpc) is 3.46. The van der Waals surface area contributed by atoms with E-state index in [0.717, 1.165) is 23.1 Å². The zero-order valence-electron chi connectivity index (χ0n) is 16.3. The first kappa shape index (κ1) is 25.3. The molecule has 0 unspecified atom stereocenters. The quantitative estimate of drug-likeness (QED) is 0.670. The van der Waals surface area contributed by atoms with Gasteiger partial charge in [-0.2, -0.15) is 0 Å². The minimum Gasteiger partial charge on any atom is -0.872 e. The van der Waals surface area contributed by atoms with E-state index in [4.69, 9.17) is 0 Å². The van der Waals surface area contributed by atoms with Gasteiger partial charge >= 0.3 is 17.1 Å². The summed E-state index contributed by atoms with van der Waals surface area (Å²) >= 11 is 0. The molecule has 2 aliphatic rings. The Hall–Kier alpha value is -1.70. The first-order valence-electron chi connectivity index (χ1n) is 9.29. The van der Waals surface area contributed by atoms with Crippen LogP contribution >= 0.6 is 0 Å². The van der Waals surface area contributed by atoms with E-state index >= 15 is 0 Å². The van der Waals surface area contributed by atoms with Crippen LogP contribution in [0.1, 0.15) is 24.5 Å². The average molecular weight is 424 g/mol. The Morgan fingerprint density at radius 1 is 0.586 bits per heavy atom. The van der Waals surface area contributed by atoms with Crippen molar-refractivity contribution in [3.05, 3.63) is 130 Å². The van der Waals surface area contributed by atoms with Crippen molar-refractivity contribution in [1.82, 2.24) is 0 Å². The summed E-state index contributed by atoms with van der Waals surface area (Å²) in [6.07, 6.45) is 23.0. The fourth-order valence-electron chi connectivity index (χ4n) is 2.52. The molecule has 148 valence electrons. The van der Waals surface area contributed by atoms with E-state index in [1.54, 1.807) is 24.3 Å². The number of hydrogen-bond acceptors (Lipinski definition) is 2. The molecule has 29 heavy (non-hydrogen) atoms. The molecular formula is C26H24FeO2. The Morgan fingerprint density at radius 2 is 0.862 bits per heavy atom. The maximum absolute atomic E-state index is 11.1. The second-order valence-electron chi connectivity index (χ2n) is 6.00. The van der Waals surface area contributed by atoms with E-state index in [1.807, 2.05) is 88.5 Å². The zero-order valence-corrected chi connectivity index (χ0v) is 17.5. The smallest absolute Gasteiger partial charge is 0.872 e. The monoisotopic (exact) mass is 424 g/mol. The molecule has 0 aromatic heterocycles. The number of hydrogen-bond donors (Lipinski definition) is 0. The fraction of sp³-hybridized carbons (Fsp3) is 0.0769. The number of benzene rings is 2. The summed E-state index contributed by atoms with van der Waals surface area (Å²) in [5.74, 6) is 0.00834. The molecule has 2 aromatic rings. The summed E-state index contributed by atoms with van der Waals surface area (Å²) in [6, 6.07) is 13.5. The van der Waals surface area contributed by atoms with Crippen LogP contribution in [0.25, 0.3) is 5.57 Å². The molecule has 0 bridgehead atoms. The molecule has 0 spiro atoms. The third-order valence-electron chi connectivity index (χ3n) is 3.85. The Bertz CT molecular complexity index is 609. The van der Waals surface area contributed by atoms with Crippen molar-refractivity contribution < 1.29 is 27.3 Å². The molecule has 0 aliphatic heterocycles. The zero-order chi connectivity index (χ0) is 20.0. The maximum Gasteiger partial charge on any atom is 2.00 e. The molecule has 4 rings (SSSR count). The van der Waals surface area contributed by atoms with Crippen molar-refractivity contribution in [2.24, 2.45) is 0 Å². The van der Waals surface area contributed by atoms with Gasteiger partial charge in [0.15, 0.2) is 0 Å². The van der Waals surface area contributed by atoms with Crippen LogP contribution in [0.15, 0.2) is 54.6 Å². The van der Waals surface area contributed by atoms with Gasteiger partial charge < -0.3 is 10.2 Å². The van der Waals surface area contributed by atoms with Crippen LogP contribution in [0.5, 0.6) is 11.5 Å². The predicted molar refractivity (Wildman–Crippen MR) is 112 cm³/mol. The molecule has 0 saturated heterocycles. The van der Waals surface area contributed by atoms with Crippen molar-refractivity contribution in [2.45, 2.75) is 13.3 Å². The van der Waals surface area contributed by atoms with Crippen LogP contribution in [0.4, 0.5) is 0 Å². The first-order chi connectivity index (χ1) is 13.7. The van der Waals surface area contributed by atoms with Crippen molar-refractivity contribution in [1.29, 1.82) is 0 Å². The molecule has 3 heteroatoms. The van der Waals surface area contributed by atoms with E-state index in [0.29, 0.717) is 0 Å². The maximum atomic E-state index is 11.1. The molecule has 2 fully saturated rings.